The summed E-state index contributed by atoms with van der Waals surface area (Å²) in [7, 11) is -4.27. The zero-order valence-corrected chi connectivity index (χ0v) is 13.3. The maximum absolute atomic E-state index is 11.7. The van der Waals surface area contributed by atoms with Crippen LogP contribution in [0.25, 0.3) is 43.1 Å². The normalized spacial score (nSPS) is 12.7. The molecule has 116 valence electrons. The van der Waals surface area contributed by atoms with Crippen molar-refractivity contribution in [3.8, 4) is 0 Å². The maximum atomic E-state index is 11.7. The Morgan fingerprint density at radius 2 is 1.29 bits per heavy atom. The van der Waals surface area contributed by atoms with Crippen LogP contribution in [0.4, 0.5) is 0 Å². The second kappa shape index (κ2) is 4.44. The van der Waals surface area contributed by atoms with Crippen LogP contribution in [-0.2, 0) is 10.1 Å². The largest absolute Gasteiger partial charge is 0.295 e. The lowest BCUT2D eigenvalue weighted by molar-refractivity contribution is 0.484. The van der Waals surface area contributed by atoms with Gasteiger partial charge in [0.15, 0.2) is 0 Å². The van der Waals surface area contributed by atoms with Crippen LogP contribution in [0.15, 0.2) is 71.6 Å². The molecule has 5 rings (SSSR count). The highest BCUT2D eigenvalue weighted by molar-refractivity contribution is 7.86. The van der Waals surface area contributed by atoms with Gasteiger partial charge in [0.2, 0.25) is 0 Å². The molecule has 0 spiro atoms. The van der Waals surface area contributed by atoms with Gasteiger partial charge in [-0.2, -0.15) is 8.42 Å². The molecule has 0 aliphatic rings. The molecule has 0 fully saturated rings. The highest BCUT2D eigenvalue weighted by atomic mass is 32.2. The van der Waals surface area contributed by atoms with E-state index in [1.54, 1.807) is 12.1 Å². The second-order valence-electron chi connectivity index (χ2n) is 6.06. The van der Waals surface area contributed by atoms with E-state index >= 15 is 0 Å². The fraction of sp³-hybridized carbons (Fsp3) is 0. The van der Waals surface area contributed by atoms with E-state index in [9.17, 15) is 13.0 Å². The lowest BCUT2D eigenvalue weighted by Crippen LogP contribution is -1.99. The first kappa shape index (κ1) is 13.7. The number of hydrogen-bond acceptors (Lipinski definition) is 2. The van der Waals surface area contributed by atoms with Gasteiger partial charge in [-0.15, -0.1) is 0 Å². The summed E-state index contributed by atoms with van der Waals surface area (Å²) >= 11 is 0. The van der Waals surface area contributed by atoms with Crippen LogP contribution in [-0.4, -0.2) is 13.0 Å². The van der Waals surface area contributed by atoms with Gasteiger partial charge in [-0.25, -0.2) is 0 Å². The molecule has 0 aliphatic carbocycles. The van der Waals surface area contributed by atoms with Gasteiger partial charge in [0.05, 0.1) is 0 Å². The molecule has 24 heavy (non-hydrogen) atoms. The first-order valence-electron chi connectivity index (χ1n) is 7.61. The average molecular weight is 332 g/mol. The molecule has 3 nitrogen and oxygen atoms in total. The minimum Gasteiger partial charge on any atom is -0.282 e. The van der Waals surface area contributed by atoms with Gasteiger partial charge >= 0.3 is 0 Å². The van der Waals surface area contributed by atoms with Gasteiger partial charge in [0.25, 0.3) is 10.1 Å². The lowest BCUT2D eigenvalue weighted by Gasteiger charge is -2.14. The molecule has 0 aliphatic heterocycles. The van der Waals surface area contributed by atoms with Gasteiger partial charge in [-0.1, -0.05) is 54.6 Å². The Kier molecular flexibility index (Phi) is 2.54. The Bertz CT molecular complexity index is 1370. The van der Waals surface area contributed by atoms with Crippen LogP contribution in [0.5, 0.6) is 0 Å². The van der Waals surface area contributed by atoms with Crippen LogP contribution >= 0.6 is 0 Å². The maximum Gasteiger partial charge on any atom is 0.295 e. The van der Waals surface area contributed by atoms with Crippen molar-refractivity contribution in [2.45, 2.75) is 4.90 Å². The van der Waals surface area contributed by atoms with E-state index in [0.29, 0.717) is 5.39 Å². The summed E-state index contributed by atoms with van der Waals surface area (Å²) in [6, 6.07) is 21.3. The van der Waals surface area contributed by atoms with E-state index in [1.165, 1.54) is 6.07 Å². The molecule has 0 saturated carbocycles. The van der Waals surface area contributed by atoms with E-state index in [1.807, 2.05) is 24.3 Å². The van der Waals surface area contributed by atoms with Crippen molar-refractivity contribution in [2.24, 2.45) is 0 Å². The quantitative estimate of drug-likeness (QED) is 0.267. The third kappa shape index (κ3) is 1.72. The van der Waals surface area contributed by atoms with Gasteiger partial charge < -0.3 is 0 Å². The molecular formula is C20H12O3S. The van der Waals surface area contributed by atoms with Gasteiger partial charge in [-0.05, 0) is 49.8 Å². The van der Waals surface area contributed by atoms with Gasteiger partial charge in [-0.3, -0.25) is 4.55 Å². The third-order valence-corrected chi connectivity index (χ3v) is 5.66. The SMILES string of the molecule is O=S(=O)(O)c1ccc2ccc3cc4ccccc4c4ccc1c2c34. The van der Waals surface area contributed by atoms with Crippen LogP contribution in [0.1, 0.15) is 0 Å². The number of hydrogen-bond donors (Lipinski definition) is 1. The standard InChI is InChI=1S/C20H12O3S/c21-24(22,23)18-10-7-12-5-6-14-11-13-3-1-2-4-15(13)16-8-9-17(18)19(12)20(14)16/h1-11H,(H,21,22,23). The summed E-state index contributed by atoms with van der Waals surface area (Å²) < 4.78 is 33.1. The molecule has 4 heteroatoms. The fourth-order valence-electron chi connectivity index (χ4n) is 3.75. The summed E-state index contributed by atoms with van der Waals surface area (Å²) in [5.41, 5.74) is 0. The second-order valence-corrected chi connectivity index (χ2v) is 7.45. The molecule has 0 aromatic heterocycles. The van der Waals surface area contributed by atoms with Crippen molar-refractivity contribution in [3.63, 3.8) is 0 Å². The third-order valence-electron chi connectivity index (χ3n) is 4.74. The van der Waals surface area contributed by atoms with Crippen molar-refractivity contribution < 1.29 is 13.0 Å². The average Bonchev–Trinajstić information content (AvgIpc) is 2.58. The molecule has 5 aromatic rings. The first-order valence-corrected chi connectivity index (χ1v) is 9.05. The molecule has 0 bridgehead atoms. The van der Waals surface area contributed by atoms with E-state index in [0.717, 1.165) is 37.7 Å². The van der Waals surface area contributed by atoms with Crippen molar-refractivity contribution >= 4 is 53.2 Å². The molecule has 5 aromatic carbocycles. The molecule has 1 N–H and O–H groups in total. The molecule has 0 radical (unpaired) electrons. The van der Waals surface area contributed by atoms with Crippen LogP contribution < -0.4 is 0 Å². The molecule has 0 heterocycles. The molecule has 0 atom stereocenters. The Morgan fingerprint density at radius 1 is 0.625 bits per heavy atom. The minimum atomic E-state index is -4.27. The molecule has 0 unspecified atom stereocenters. The monoisotopic (exact) mass is 332 g/mol. The summed E-state index contributed by atoms with van der Waals surface area (Å²) in [5.74, 6) is 0. The summed E-state index contributed by atoms with van der Waals surface area (Å²) in [6.07, 6.45) is 0. The highest BCUT2D eigenvalue weighted by Crippen LogP contribution is 2.40. The summed E-state index contributed by atoms with van der Waals surface area (Å²) in [5, 5.41) is 7.88. The predicted octanol–water partition coefficient (Wildman–Crippen LogP) is 4.98. The molecule has 0 saturated heterocycles. The van der Waals surface area contributed by atoms with Crippen molar-refractivity contribution in [2.75, 3.05) is 0 Å². The number of fused-ring (bicyclic) bond motifs is 2. The van der Waals surface area contributed by atoms with E-state index in [4.69, 9.17) is 0 Å². The Hall–Kier alpha value is -2.69. The first-order chi connectivity index (χ1) is 11.5. The minimum absolute atomic E-state index is 0.0439. The number of benzene rings is 5. The van der Waals surface area contributed by atoms with Gasteiger partial charge in [0.1, 0.15) is 4.90 Å². The Morgan fingerprint density at radius 3 is 2.12 bits per heavy atom. The smallest absolute Gasteiger partial charge is 0.282 e. The lowest BCUT2D eigenvalue weighted by atomic mass is 9.91. The Balaban J connectivity index is 2.15. The summed E-state index contributed by atoms with van der Waals surface area (Å²) in [4.78, 5) is -0.0439. The summed E-state index contributed by atoms with van der Waals surface area (Å²) in [6.45, 7) is 0. The van der Waals surface area contributed by atoms with Gasteiger partial charge in [0, 0.05) is 5.39 Å². The highest BCUT2D eigenvalue weighted by Gasteiger charge is 2.18. The van der Waals surface area contributed by atoms with Crippen LogP contribution in [0, 0.1) is 0 Å². The Labute approximate surface area is 138 Å². The number of rotatable bonds is 1. The topological polar surface area (TPSA) is 54.4 Å². The van der Waals surface area contributed by atoms with Crippen molar-refractivity contribution in [1.29, 1.82) is 0 Å². The van der Waals surface area contributed by atoms with Crippen molar-refractivity contribution in [1.82, 2.24) is 0 Å². The predicted molar refractivity (Wildman–Crippen MR) is 97.5 cm³/mol. The van der Waals surface area contributed by atoms with E-state index in [2.05, 4.69) is 24.3 Å². The van der Waals surface area contributed by atoms with E-state index < -0.39 is 10.1 Å². The van der Waals surface area contributed by atoms with Crippen molar-refractivity contribution in [3.05, 3.63) is 66.7 Å². The zero-order valence-electron chi connectivity index (χ0n) is 12.5. The zero-order chi connectivity index (χ0) is 16.5. The molecule has 0 amide bonds. The van der Waals surface area contributed by atoms with Crippen LogP contribution in [0.2, 0.25) is 0 Å². The molecular weight excluding hydrogens is 320 g/mol. The van der Waals surface area contributed by atoms with Crippen LogP contribution in [0.3, 0.4) is 0 Å². The van der Waals surface area contributed by atoms with E-state index in [-0.39, 0.29) is 4.90 Å². The fourth-order valence-corrected chi connectivity index (χ4v) is 4.44.